The van der Waals surface area contributed by atoms with Crippen LogP contribution in [-0.2, 0) is 35.4 Å². The third-order valence-corrected chi connectivity index (χ3v) is 8.48. The summed E-state index contributed by atoms with van der Waals surface area (Å²) in [5.41, 5.74) is 0.491. The fourth-order valence-corrected chi connectivity index (χ4v) is 5.27. The lowest BCUT2D eigenvalue weighted by atomic mass is 9.98. The topological polar surface area (TPSA) is 158 Å². The number of nitrogens with one attached hydrogen (secondary N) is 1. The second-order valence-electron chi connectivity index (χ2n) is 11.2. The van der Waals surface area contributed by atoms with Crippen LogP contribution in [0.25, 0.3) is 16.9 Å². The molecule has 2 aromatic carbocycles. The number of aryl methyl sites for hydroxylation is 1. The van der Waals surface area contributed by atoms with E-state index in [-0.39, 0.29) is 21.2 Å². The molecule has 47 heavy (non-hydrogen) atoms. The van der Waals surface area contributed by atoms with E-state index in [2.05, 4.69) is 10.4 Å². The van der Waals surface area contributed by atoms with Gasteiger partial charge in [-0.3, -0.25) is 14.4 Å². The van der Waals surface area contributed by atoms with Gasteiger partial charge >= 0.3 is 12.1 Å². The molecule has 13 nitrogen and oxygen atoms in total. The normalized spacial score (nSPS) is 14.3. The van der Waals surface area contributed by atoms with Crippen LogP contribution < -0.4 is 4.72 Å². The molecule has 0 aliphatic carbocycles. The van der Waals surface area contributed by atoms with Crippen LogP contribution in [0.2, 0.25) is 0 Å². The highest BCUT2D eigenvalue weighted by atomic mass is 32.2. The van der Waals surface area contributed by atoms with Crippen LogP contribution in [0.3, 0.4) is 0 Å². The predicted octanol–water partition coefficient (Wildman–Crippen LogP) is 5.37. The molecule has 0 spiro atoms. The van der Waals surface area contributed by atoms with Gasteiger partial charge in [-0.2, -0.15) is 18.3 Å². The SMILES string of the molecule is CC[C@@H](C)[C@@H](C(=O)NS(=O)(=O)c1ccc(-n2nc(C(F)(F)F)cc2-c2ccc(C)cc2)cc1)N(C)/[N+]([O-])=N\OC(C)OC(=O)C(C)C. The number of ether oxygens (including phenoxy) is 1. The van der Waals surface area contributed by atoms with Crippen LogP contribution in [0.5, 0.6) is 0 Å². The number of halogens is 3. The van der Waals surface area contributed by atoms with Gasteiger partial charge in [-0.25, -0.2) is 17.8 Å². The Kier molecular flexibility index (Phi) is 11.6. The van der Waals surface area contributed by atoms with Gasteiger partial charge in [0.25, 0.3) is 22.2 Å². The van der Waals surface area contributed by atoms with E-state index in [0.29, 0.717) is 12.0 Å². The Morgan fingerprint density at radius 3 is 2.21 bits per heavy atom. The van der Waals surface area contributed by atoms with E-state index in [9.17, 15) is 36.4 Å². The Hall–Kier alpha value is -4.67. The summed E-state index contributed by atoms with van der Waals surface area (Å²) in [5.74, 6) is -2.64. The van der Waals surface area contributed by atoms with Crippen molar-refractivity contribution in [2.24, 2.45) is 17.1 Å². The number of rotatable bonds is 13. The second kappa shape index (κ2) is 14.8. The first-order valence-electron chi connectivity index (χ1n) is 14.5. The third-order valence-electron chi connectivity index (χ3n) is 7.12. The molecule has 0 aliphatic rings. The molecule has 1 heterocycles. The monoisotopic (exact) mass is 682 g/mol. The summed E-state index contributed by atoms with van der Waals surface area (Å²) in [7, 11) is -3.31. The summed E-state index contributed by atoms with van der Waals surface area (Å²) < 4.78 is 75.1. The van der Waals surface area contributed by atoms with E-state index in [4.69, 9.17) is 9.57 Å². The van der Waals surface area contributed by atoms with Gasteiger partial charge in [-0.05, 0) is 43.2 Å². The minimum absolute atomic E-state index is 0.0670. The molecule has 0 fully saturated rings. The number of likely N-dealkylation sites (N-methyl/N-ethyl adjacent to an activating group) is 1. The smallest absolute Gasteiger partial charge is 0.435 e. The number of amides is 1. The van der Waals surface area contributed by atoms with Crippen molar-refractivity contribution in [1.29, 1.82) is 0 Å². The van der Waals surface area contributed by atoms with Crippen molar-refractivity contribution in [3.8, 4) is 16.9 Å². The molecule has 0 saturated heterocycles. The molecule has 3 atom stereocenters. The van der Waals surface area contributed by atoms with E-state index < -0.39 is 57.9 Å². The third kappa shape index (κ3) is 9.21. The molecule has 0 saturated carbocycles. The van der Waals surface area contributed by atoms with Gasteiger partial charge in [0.15, 0.2) is 11.7 Å². The van der Waals surface area contributed by atoms with Crippen molar-refractivity contribution in [2.45, 2.75) is 71.4 Å². The van der Waals surface area contributed by atoms with Crippen molar-refractivity contribution < 1.29 is 45.7 Å². The van der Waals surface area contributed by atoms with E-state index in [1.807, 2.05) is 11.6 Å². The zero-order valence-electron chi connectivity index (χ0n) is 26.8. The Bertz CT molecular complexity index is 1690. The fourth-order valence-electron chi connectivity index (χ4n) is 4.28. The summed E-state index contributed by atoms with van der Waals surface area (Å²) in [6.07, 6.45) is -5.58. The highest BCUT2D eigenvalue weighted by Crippen LogP contribution is 2.33. The lowest BCUT2D eigenvalue weighted by molar-refractivity contribution is -0.713. The van der Waals surface area contributed by atoms with Gasteiger partial charge in [0, 0.05) is 12.5 Å². The Labute approximate surface area is 270 Å². The van der Waals surface area contributed by atoms with Crippen LogP contribution in [0.4, 0.5) is 13.2 Å². The number of esters is 1. The van der Waals surface area contributed by atoms with Gasteiger partial charge in [0.1, 0.15) is 0 Å². The number of alkyl halides is 3. The molecular formula is C30H37F3N6O7S. The first-order valence-corrected chi connectivity index (χ1v) is 16.0. The number of carbonyl (C=O) groups is 2. The second-order valence-corrected chi connectivity index (χ2v) is 12.8. The molecule has 3 rings (SSSR count). The largest absolute Gasteiger partial charge is 0.569 e. The maximum atomic E-state index is 13.6. The average Bonchev–Trinajstić information content (AvgIpc) is 3.46. The lowest BCUT2D eigenvalue weighted by Crippen LogP contribution is -2.52. The van der Waals surface area contributed by atoms with Crippen molar-refractivity contribution in [1.82, 2.24) is 19.5 Å². The van der Waals surface area contributed by atoms with Crippen LogP contribution in [0.15, 0.2) is 64.8 Å². The van der Waals surface area contributed by atoms with Gasteiger partial charge < -0.3 is 9.94 Å². The predicted molar refractivity (Wildman–Crippen MR) is 163 cm³/mol. The number of hydrazine groups is 1. The molecule has 256 valence electrons. The number of hydrogen-bond donors (Lipinski definition) is 1. The maximum absolute atomic E-state index is 13.6. The maximum Gasteiger partial charge on any atom is 0.435 e. The van der Waals surface area contributed by atoms with E-state index >= 15 is 0 Å². The number of aromatic nitrogens is 2. The summed E-state index contributed by atoms with van der Waals surface area (Å²) in [5, 5.41) is 20.5. The molecule has 0 aliphatic heterocycles. The van der Waals surface area contributed by atoms with Gasteiger partial charge in [0.2, 0.25) is 5.28 Å². The van der Waals surface area contributed by atoms with Crippen molar-refractivity contribution in [3.63, 3.8) is 0 Å². The first-order chi connectivity index (χ1) is 21.8. The van der Waals surface area contributed by atoms with E-state index in [0.717, 1.165) is 33.5 Å². The van der Waals surface area contributed by atoms with Gasteiger partial charge in [-0.1, -0.05) is 63.9 Å². The molecule has 0 bridgehead atoms. The van der Waals surface area contributed by atoms with Gasteiger partial charge in [-0.15, -0.1) is 5.01 Å². The van der Waals surface area contributed by atoms with Crippen LogP contribution in [0, 0.1) is 24.0 Å². The Morgan fingerprint density at radius 2 is 1.68 bits per heavy atom. The highest BCUT2D eigenvalue weighted by Gasteiger charge is 2.37. The minimum atomic E-state index is -4.73. The molecular weight excluding hydrogens is 645 g/mol. The molecule has 1 N–H and O–H groups in total. The van der Waals surface area contributed by atoms with Crippen LogP contribution in [0.1, 0.15) is 52.3 Å². The Balaban J connectivity index is 1.85. The summed E-state index contributed by atoms with van der Waals surface area (Å²) in [4.78, 5) is 29.5. The quantitative estimate of drug-likeness (QED) is 0.0822. The van der Waals surface area contributed by atoms with Crippen molar-refractivity contribution in [3.05, 3.63) is 71.1 Å². The average molecular weight is 683 g/mol. The number of nitrogens with zero attached hydrogens (tertiary/aromatic N) is 5. The molecule has 0 radical (unpaired) electrons. The van der Waals surface area contributed by atoms with Crippen molar-refractivity contribution in [2.75, 3.05) is 7.05 Å². The summed E-state index contributed by atoms with van der Waals surface area (Å²) >= 11 is 0. The molecule has 17 heteroatoms. The van der Waals surface area contributed by atoms with Crippen LogP contribution in [-0.4, -0.2) is 59.4 Å². The van der Waals surface area contributed by atoms with E-state index in [1.165, 1.54) is 26.1 Å². The Morgan fingerprint density at radius 1 is 1.09 bits per heavy atom. The summed E-state index contributed by atoms with van der Waals surface area (Å²) in [6.45, 7) is 9.72. The molecule has 1 aromatic heterocycles. The summed E-state index contributed by atoms with van der Waals surface area (Å²) in [6, 6.07) is 11.1. The standard InChI is InChI=1S/C30H37F3N6O7S/c1-8-20(5)27(37(7)39(42)36-46-21(6)45-29(41)18(2)3)28(40)35-47(43,44)24-15-13-23(14-16-24)38-25(17-26(34-38)30(31,32)33)22-11-9-19(4)10-12-22/h9-18,20-21,27H,8H2,1-7H3,(H,35,40)/b39-36+/t20-,21?,27+/m1/s1. The fraction of sp³-hybridized carbons (Fsp3) is 0.433. The highest BCUT2D eigenvalue weighted by molar-refractivity contribution is 7.90. The molecule has 1 amide bonds. The number of benzene rings is 2. The minimum Gasteiger partial charge on any atom is -0.569 e. The lowest BCUT2D eigenvalue weighted by Gasteiger charge is -2.27. The zero-order chi connectivity index (χ0) is 35.3. The number of carbonyl (C=O) groups excluding carboxylic acids is 2. The van der Waals surface area contributed by atoms with Crippen LogP contribution >= 0.6 is 0 Å². The zero-order valence-corrected chi connectivity index (χ0v) is 27.7. The molecule has 1 unspecified atom stereocenters. The number of hydrogen-bond acceptors (Lipinski definition) is 9. The molecule has 3 aromatic rings. The van der Waals surface area contributed by atoms with E-state index in [1.54, 1.807) is 52.0 Å². The first kappa shape index (κ1) is 36.8. The van der Waals surface area contributed by atoms with Crippen molar-refractivity contribution >= 4 is 21.9 Å². The van der Waals surface area contributed by atoms with Gasteiger partial charge in [0.05, 0.1) is 34.2 Å². The number of sulfonamides is 1.